The molecule has 0 radical (unpaired) electrons. The summed E-state index contributed by atoms with van der Waals surface area (Å²) in [5.74, 6) is -0.779. The first-order valence-corrected chi connectivity index (χ1v) is 8.68. The molecule has 0 saturated carbocycles. The fourth-order valence-corrected chi connectivity index (χ4v) is 2.41. The number of nitrogens with one attached hydrogen (secondary N) is 2. The molecule has 1 heterocycles. The quantitative estimate of drug-likeness (QED) is 0.551. The molecule has 0 bridgehead atoms. The number of nitrogens with zero attached hydrogens (tertiary/aromatic N) is 2. The number of anilines is 1. The Balaban J connectivity index is 2.01. The van der Waals surface area contributed by atoms with Crippen LogP contribution >= 0.6 is 0 Å². The number of rotatable bonds is 8. The normalized spacial score (nSPS) is 10.5. The highest BCUT2D eigenvalue weighted by molar-refractivity contribution is 6.05. The van der Waals surface area contributed by atoms with E-state index in [-0.39, 0.29) is 17.4 Å². The first kappa shape index (κ1) is 20.3. The number of carbonyl (C=O) groups is 3. The summed E-state index contributed by atoms with van der Waals surface area (Å²) < 4.78 is 0. The van der Waals surface area contributed by atoms with E-state index in [1.807, 2.05) is 19.0 Å². The molecule has 0 aliphatic rings. The summed E-state index contributed by atoms with van der Waals surface area (Å²) in [6, 6.07) is 9.67. The Labute approximate surface area is 158 Å². The second-order valence-electron chi connectivity index (χ2n) is 6.43. The van der Waals surface area contributed by atoms with E-state index in [0.29, 0.717) is 23.4 Å². The van der Waals surface area contributed by atoms with Crippen molar-refractivity contribution in [3.05, 3.63) is 59.4 Å². The zero-order valence-corrected chi connectivity index (χ0v) is 15.8. The molecule has 1 aromatic heterocycles. The third kappa shape index (κ3) is 6.31. The van der Waals surface area contributed by atoms with Gasteiger partial charge in [0.05, 0.1) is 0 Å². The summed E-state index contributed by atoms with van der Waals surface area (Å²) in [7, 11) is 3.95. The van der Waals surface area contributed by atoms with Crippen molar-refractivity contribution in [2.45, 2.75) is 13.3 Å². The number of pyridine rings is 1. The lowest BCUT2D eigenvalue weighted by atomic mass is 10.1. The van der Waals surface area contributed by atoms with Crippen LogP contribution in [0.3, 0.4) is 0 Å². The molecule has 27 heavy (non-hydrogen) atoms. The molecule has 2 N–H and O–H groups in total. The van der Waals surface area contributed by atoms with Crippen molar-refractivity contribution < 1.29 is 14.4 Å². The topological polar surface area (TPSA) is 91.4 Å². The molecular weight excluding hydrogens is 344 g/mol. The van der Waals surface area contributed by atoms with Gasteiger partial charge in [-0.15, -0.1) is 0 Å². The van der Waals surface area contributed by atoms with Crippen LogP contribution in [0.15, 0.2) is 42.6 Å². The summed E-state index contributed by atoms with van der Waals surface area (Å²) in [6.45, 7) is 2.89. The first-order valence-electron chi connectivity index (χ1n) is 8.68. The van der Waals surface area contributed by atoms with E-state index in [2.05, 4.69) is 15.6 Å². The van der Waals surface area contributed by atoms with Crippen molar-refractivity contribution in [2.75, 3.05) is 32.5 Å². The highest BCUT2D eigenvalue weighted by atomic mass is 16.2. The van der Waals surface area contributed by atoms with Crippen LogP contribution in [0, 0.1) is 0 Å². The standard InChI is InChI=1S/C20H24N4O3/c1-14(25)15-6-4-7-17(12-15)23-20(27)18-13-16(8-10-21-18)19(26)22-9-5-11-24(2)3/h4,6-8,10,12-13H,5,9,11H2,1-3H3,(H,22,26)(H,23,27). The molecule has 0 atom stereocenters. The second kappa shape index (κ2) is 9.59. The number of Topliss-reactive ketones (excluding diaryl/α,β-unsaturated/α-hetero) is 1. The van der Waals surface area contributed by atoms with Crippen molar-refractivity contribution in [1.29, 1.82) is 0 Å². The Bertz CT molecular complexity index is 833. The van der Waals surface area contributed by atoms with Crippen LogP contribution in [-0.2, 0) is 0 Å². The molecule has 7 heteroatoms. The van der Waals surface area contributed by atoms with Gasteiger partial charge in [-0.05, 0) is 58.3 Å². The van der Waals surface area contributed by atoms with Gasteiger partial charge in [0.1, 0.15) is 5.69 Å². The smallest absolute Gasteiger partial charge is 0.274 e. The minimum absolute atomic E-state index is 0.0860. The average molecular weight is 368 g/mol. The van der Waals surface area contributed by atoms with Crippen LogP contribution in [-0.4, -0.2) is 54.7 Å². The minimum atomic E-state index is -0.446. The van der Waals surface area contributed by atoms with Gasteiger partial charge >= 0.3 is 0 Å². The highest BCUT2D eigenvalue weighted by Crippen LogP contribution is 2.13. The lowest BCUT2D eigenvalue weighted by Crippen LogP contribution is -2.27. The first-order chi connectivity index (χ1) is 12.9. The molecule has 0 aliphatic heterocycles. The summed E-state index contributed by atoms with van der Waals surface area (Å²) >= 11 is 0. The Morgan fingerprint density at radius 1 is 1.04 bits per heavy atom. The SMILES string of the molecule is CC(=O)c1cccc(NC(=O)c2cc(C(=O)NCCCN(C)C)ccn2)c1. The zero-order chi connectivity index (χ0) is 19.8. The molecule has 7 nitrogen and oxygen atoms in total. The van der Waals surface area contributed by atoms with Crippen molar-refractivity contribution in [3.63, 3.8) is 0 Å². The largest absolute Gasteiger partial charge is 0.352 e. The predicted octanol–water partition coefficient (Wildman–Crippen LogP) is 2.22. The molecule has 0 aliphatic carbocycles. The summed E-state index contributed by atoms with van der Waals surface area (Å²) in [6.07, 6.45) is 2.26. The van der Waals surface area contributed by atoms with Gasteiger partial charge in [-0.1, -0.05) is 12.1 Å². The number of amides is 2. The van der Waals surface area contributed by atoms with Gasteiger partial charge in [0.2, 0.25) is 0 Å². The number of hydrogen-bond donors (Lipinski definition) is 2. The summed E-state index contributed by atoms with van der Waals surface area (Å²) in [5.41, 5.74) is 1.50. The van der Waals surface area contributed by atoms with Crippen LogP contribution in [0.25, 0.3) is 0 Å². The molecule has 0 fully saturated rings. The van der Waals surface area contributed by atoms with E-state index in [1.54, 1.807) is 30.3 Å². The lowest BCUT2D eigenvalue weighted by molar-refractivity contribution is 0.0951. The molecule has 0 unspecified atom stereocenters. The summed E-state index contributed by atoms with van der Waals surface area (Å²) in [4.78, 5) is 42.1. The van der Waals surface area contributed by atoms with Gasteiger partial charge in [-0.2, -0.15) is 0 Å². The number of hydrogen-bond acceptors (Lipinski definition) is 5. The Morgan fingerprint density at radius 3 is 2.52 bits per heavy atom. The molecule has 2 rings (SSSR count). The maximum absolute atomic E-state index is 12.4. The second-order valence-corrected chi connectivity index (χ2v) is 6.43. The van der Waals surface area contributed by atoms with Crippen LogP contribution in [0.4, 0.5) is 5.69 Å². The van der Waals surface area contributed by atoms with Crippen molar-refractivity contribution in [3.8, 4) is 0 Å². The highest BCUT2D eigenvalue weighted by Gasteiger charge is 2.12. The molecule has 0 spiro atoms. The Kier molecular flexibility index (Phi) is 7.19. The van der Waals surface area contributed by atoms with E-state index >= 15 is 0 Å². The third-order valence-electron chi connectivity index (χ3n) is 3.85. The monoisotopic (exact) mass is 368 g/mol. The molecule has 2 aromatic rings. The Hall–Kier alpha value is -3.06. The van der Waals surface area contributed by atoms with Crippen LogP contribution in [0.5, 0.6) is 0 Å². The maximum Gasteiger partial charge on any atom is 0.274 e. The van der Waals surface area contributed by atoms with Crippen molar-refractivity contribution in [1.82, 2.24) is 15.2 Å². The average Bonchev–Trinajstić information content (AvgIpc) is 2.65. The van der Waals surface area contributed by atoms with Gasteiger partial charge in [-0.3, -0.25) is 19.4 Å². The van der Waals surface area contributed by atoms with E-state index in [9.17, 15) is 14.4 Å². The summed E-state index contributed by atoms with van der Waals surface area (Å²) in [5, 5.41) is 5.52. The van der Waals surface area contributed by atoms with Gasteiger partial charge in [0.25, 0.3) is 11.8 Å². The lowest BCUT2D eigenvalue weighted by Gasteiger charge is -2.10. The molecule has 0 saturated heterocycles. The fourth-order valence-electron chi connectivity index (χ4n) is 2.41. The van der Waals surface area contributed by atoms with Gasteiger partial charge in [-0.25, -0.2) is 0 Å². The van der Waals surface area contributed by atoms with Crippen LogP contribution < -0.4 is 10.6 Å². The fraction of sp³-hybridized carbons (Fsp3) is 0.300. The van der Waals surface area contributed by atoms with E-state index in [4.69, 9.17) is 0 Å². The molecular formula is C20H24N4O3. The van der Waals surface area contributed by atoms with Gasteiger partial charge in [0.15, 0.2) is 5.78 Å². The predicted molar refractivity (Wildman–Crippen MR) is 104 cm³/mol. The third-order valence-corrected chi connectivity index (χ3v) is 3.85. The van der Waals surface area contributed by atoms with Gasteiger partial charge < -0.3 is 15.5 Å². The minimum Gasteiger partial charge on any atom is -0.352 e. The van der Waals surface area contributed by atoms with E-state index < -0.39 is 5.91 Å². The van der Waals surface area contributed by atoms with Crippen molar-refractivity contribution in [2.24, 2.45) is 0 Å². The number of aromatic nitrogens is 1. The van der Waals surface area contributed by atoms with Crippen LogP contribution in [0.1, 0.15) is 44.5 Å². The van der Waals surface area contributed by atoms with E-state index in [1.165, 1.54) is 19.2 Å². The number of benzene rings is 1. The Morgan fingerprint density at radius 2 is 1.81 bits per heavy atom. The van der Waals surface area contributed by atoms with Crippen LogP contribution in [0.2, 0.25) is 0 Å². The van der Waals surface area contributed by atoms with Crippen molar-refractivity contribution >= 4 is 23.3 Å². The van der Waals surface area contributed by atoms with E-state index in [0.717, 1.165) is 13.0 Å². The van der Waals surface area contributed by atoms with Gasteiger partial charge in [0, 0.05) is 29.6 Å². The zero-order valence-electron chi connectivity index (χ0n) is 15.8. The molecule has 142 valence electrons. The maximum atomic E-state index is 12.4. The number of ketones is 1. The molecule has 1 aromatic carbocycles. The molecule has 2 amide bonds. The number of carbonyl (C=O) groups excluding carboxylic acids is 3.